The van der Waals surface area contributed by atoms with E-state index in [1.807, 2.05) is 12.1 Å². The standard InChI is InChI=1S/C14H18FN/c1-16-14-11-3-2-10(8-11)13(14)9-4-6-12(15)7-5-9/h4-7,10-11,13-14,16H,2-3,8H2,1H3. The number of halogens is 1. The van der Waals surface area contributed by atoms with Gasteiger partial charge in [0, 0.05) is 12.0 Å². The second-order valence-corrected chi connectivity index (χ2v) is 5.23. The molecule has 1 nitrogen and oxygen atoms in total. The molecule has 0 aliphatic heterocycles. The number of benzene rings is 1. The van der Waals surface area contributed by atoms with Crippen LogP contribution in [0.25, 0.3) is 0 Å². The molecule has 0 aromatic heterocycles. The van der Waals surface area contributed by atoms with Crippen LogP contribution in [0, 0.1) is 17.7 Å². The van der Waals surface area contributed by atoms with Gasteiger partial charge in [0.1, 0.15) is 5.82 Å². The zero-order valence-electron chi connectivity index (χ0n) is 9.62. The number of nitrogens with one attached hydrogen (secondary N) is 1. The molecule has 2 saturated carbocycles. The molecule has 0 spiro atoms. The summed E-state index contributed by atoms with van der Waals surface area (Å²) in [5, 5.41) is 3.46. The highest BCUT2D eigenvalue weighted by molar-refractivity contribution is 5.26. The Bertz CT molecular complexity index is 373. The Morgan fingerprint density at radius 3 is 2.50 bits per heavy atom. The van der Waals surface area contributed by atoms with Crippen molar-refractivity contribution in [1.29, 1.82) is 0 Å². The van der Waals surface area contributed by atoms with Crippen LogP contribution in [0.15, 0.2) is 24.3 Å². The summed E-state index contributed by atoms with van der Waals surface area (Å²) in [5.41, 5.74) is 1.31. The van der Waals surface area contributed by atoms with Crippen LogP contribution >= 0.6 is 0 Å². The summed E-state index contributed by atoms with van der Waals surface area (Å²) in [6, 6.07) is 7.71. The smallest absolute Gasteiger partial charge is 0.123 e. The van der Waals surface area contributed by atoms with Crippen LogP contribution in [-0.2, 0) is 0 Å². The third kappa shape index (κ3) is 1.47. The molecule has 1 N–H and O–H groups in total. The van der Waals surface area contributed by atoms with Gasteiger partial charge < -0.3 is 5.32 Å². The Hall–Kier alpha value is -0.890. The van der Waals surface area contributed by atoms with E-state index in [2.05, 4.69) is 12.4 Å². The molecular weight excluding hydrogens is 201 g/mol. The van der Waals surface area contributed by atoms with Gasteiger partial charge in [0.2, 0.25) is 0 Å². The van der Waals surface area contributed by atoms with Crippen LogP contribution in [-0.4, -0.2) is 13.1 Å². The third-order valence-corrected chi connectivity index (χ3v) is 4.50. The van der Waals surface area contributed by atoms with Crippen molar-refractivity contribution in [3.8, 4) is 0 Å². The average molecular weight is 219 g/mol. The summed E-state index contributed by atoms with van der Waals surface area (Å²) >= 11 is 0. The number of fused-ring (bicyclic) bond motifs is 2. The fourth-order valence-electron chi connectivity index (χ4n) is 3.87. The van der Waals surface area contributed by atoms with Gasteiger partial charge in [0.25, 0.3) is 0 Å². The molecular formula is C14H18FN. The number of hydrogen-bond donors (Lipinski definition) is 1. The molecule has 4 atom stereocenters. The highest BCUT2D eigenvalue weighted by Crippen LogP contribution is 2.52. The van der Waals surface area contributed by atoms with Crippen LogP contribution in [0.2, 0.25) is 0 Å². The molecule has 2 aliphatic carbocycles. The first-order valence-corrected chi connectivity index (χ1v) is 6.22. The van der Waals surface area contributed by atoms with E-state index < -0.39 is 0 Å². The van der Waals surface area contributed by atoms with Crippen LogP contribution in [0.4, 0.5) is 4.39 Å². The molecule has 86 valence electrons. The lowest BCUT2D eigenvalue weighted by Gasteiger charge is -2.31. The van der Waals surface area contributed by atoms with E-state index in [0.29, 0.717) is 12.0 Å². The van der Waals surface area contributed by atoms with Gasteiger partial charge in [-0.05, 0) is 55.8 Å². The van der Waals surface area contributed by atoms with Crippen LogP contribution < -0.4 is 5.32 Å². The van der Waals surface area contributed by atoms with E-state index in [9.17, 15) is 4.39 Å². The first kappa shape index (κ1) is 10.3. The molecule has 2 aliphatic rings. The summed E-state index contributed by atoms with van der Waals surface area (Å²) < 4.78 is 12.9. The van der Waals surface area contributed by atoms with Crippen molar-refractivity contribution in [2.45, 2.75) is 31.2 Å². The van der Waals surface area contributed by atoms with E-state index in [1.54, 1.807) is 12.1 Å². The van der Waals surface area contributed by atoms with Crippen molar-refractivity contribution in [3.63, 3.8) is 0 Å². The lowest BCUT2D eigenvalue weighted by atomic mass is 9.80. The SMILES string of the molecule is CNC1C2CCC(C2)C1c1ccc(F)cc1. The predicted molar refractivity (Wildman–Crippen MR) is 62.8 cm³/mol. The van der Waals surface area contributed by atoms with Crippen molar-refractivity contribution < 1.29 is 4.39 Å². The molecule has 0 saturated heterocycles. The quantitative estimate of drug-likeness (QED) is 0.806. The lowest BCUT2D eigenvalue weighted by Crippen LogP contribution is -2.37. The Labute approximate surface area is 96.1 Å². The lowest BCUT2D eigenvalue weighted by molar-refractivity contribution is 0.326. The highest BCUT2D eigenvalue weighted by Gasteiger charge is 2.47. The maximum atomic E-state index is 12.9. The Kier molecular flexibility index (Phi) is 2.47. The normalized spacial score (nSPS) is 36.9. The number of rotatable bonds is 2. The molecule has 1 aromatic carbocycles. The molecule has 2 fully saturated rings. The molecule has 2 heteroatoms. The van der Waals surface area contributed by atoms with Crippen LogP contribution in [0.1, 0.15) is 30.7 Å². The van der Waals surface area contributed by atoms with Gasteiger partial charge >= 0.3 is 0 Å². The first-order chi connectivity index (χ1) is 7.79. The molecule has 16 heavy (non-hydrogen) atoms. The van der Waals surface area contributed by atoms with Gasteiger partial charge in [0.05, 0.1) is 0 Å². The second-order valence-electron chi connectivity index (χ2n) is 5.23. The first-order valence-electron chi connectivity index (χ1n) is 6.22. The summed E-state index contributed by atoms with van der Waals surface area (Å²) in [5.74, 6) is 2.12. The minimum atomic E-state index is -0.132. The Morgan fingerprint density at radius 1 is 1.12 bits per heavy atom. The second kappa shape index (κ2) is 3.85. The highest BCUT2D eigenvalue weighted by atomic mass is 19.1. The molecule has 0 radical (unpaired) electrons. The van der Waals surface area contributed by atoms with Gasteiger partial charge in [0.15, 0.2) is 0 Å². The zero-order valence-corrected chi connectivity index (χ0v) is 9.62. The van der Waals surface area contributed by atoms with E-state index in [0.717, 1.165) is 11.8 Å². The molecule has 4 unspecified atom stereocenters. The van der Waals surface area contributed by atoms with Crippen molar-refractivity contribution in [2.75, 3.05) is 7.05 Å². The van der Waals surface area contributed by atoms with Gasteiger partial charge in [-0.2, -0.15) is 0 Å². The monoisotopic (exact) mass is 219 g/mol. The topological polar surface area (TPSA) is 12.0 Å². The number of likely N-dealkylation sites (N-methyl/N-ethyl adjacent to an activating group) is 1. The van der Waals surface area contributed by atoms with Gasteiger partial charge in [-0.15, -0.1) is 0 Å². The number of hydrogen-bond acceptors (Lipinski definition) is 1. The van der Waals surface area contributed by atoms with Gasteiger partial charge in [-0.25, -0.2) is 4.39 Å². The van der Waals surface area contributed by atoms with Gasteiger partial charge in [-0.3, -0.25) is 0 Å². The molecule has 0 amide bonds. The summed E-state index contributed by atoms with van der Waals surface area (Å²) in [7, 11) is 2.06. The van der Waals surface area contributed by atoms with Crippen LogP contribution in [0.3, 0.4) is 0 Å². The largest absolute Gasteiger partial charge is 0.316 e. The Balaban J connectivity index is 1.91. The summed E-state index contributed by atoms with van der Waals surface area (Å²) in [4.78, 5) is 0. The summed E-state index contributed by atoms with van der Waals surface area (Å²) in [6.45, 7) is 0. The maximum absolute atomic E-state index is 12.9. The average Bonchev–Trinajstić information content (AvgIpc) is 2.89. The summed E-state index contributed by atoms with van der Waals surface area (Å²) in [6.07, 6.45) is 4.08. The fraction of sp³-hybridized carbons (Fsp3) is 0.571. The molecule has 3 rings (SSSR count). The van der Waals surface area contributed by atoms with E-state index in [4.69, 9.17) is 0 Å². The fourth-order valence-corrected chi connectivity index (χ4v) is 3.87. The molecule has 2 bridgehead atoms. The van der Waals surface area contributed by atoms with Gasteiger partial charge in [-0.1, -0.05) is 12.1 Å². The minimum absolute atomic E-state index is 0.132. The van der Waals surface area contributed by atoms with Crippen molar-refractivity contribution in [2.24, 2.45) is 11.8 Å². The molecule has 1 aromatic rings. The predicted octanol–water partition coefficient (Wildman–Crippen LogP) is 2.93. The van der Waals surface area contributed by atoms with Crippen LogP contribution in [0.5, 0.6) is 0 Å². The van der Waals surface area contributed by atoms with E-state index in [-0.39, 0.29) is 5.82 Å². The maximum Gasteiger partial charge on any atom is 0.123 e. The van der Waals surface area contributed by atoms with Crippen molar-refractivity contribution in [3.05, 3.63) is 35.6 Å². The van der Waals surface area contributed by atoms with Crippen molar-refractivity contribution >= 4 is 0 Å². The third-order valence-electron chi connectivity index (χ3n) is 4.50. The minimum Gasteiger partial charge on any atom is -0.316 e. The van der Waals surface area contributed by atoms with E-state index >= 15 is 0 Å². The van der Waals surface area contributed by atoms with Crippen molar-refractivity contribution in [1.82, 2.24) is 5.32 Å². The Morgan fingerprint density at radius 2 is 1.81 bits per heavy atom. The zero-order chi connectivity index (χ0) is 11.1. The molecule has 0 heterocycles. The van der Waals surface area contributed by atoms with E-state index in [1.165, 1.54) is 24.8 Å².